The molecule has 0 radical (unpaired) electrons. The Morgan fingerprint density at radius 2 is 2.30 bits per heavy atom. The van der Waals surface area contributed by atoms with Gasteiger partial charge in [0.05, 0.1) is 11.7 Å². The lowest BCUT2D eigenvalue weighted by molar-refractivity contribution is 0.0440. The first-order chi connectivity index (χ1) is 9.61. The van der Waals surface area contributed by atoms with E-state index in [1.807, 2.05) is 6.07 Å². The van der Waals surface area contributed by atoms with Crippen LogP contribution in [0.15, 0.2) is 18.2 Å². The summed E-state index contributed by atoms with van der Waals surface area (Å²) >= 11 is 0. The molecule has 0 bridgehead atoms. The third kappa shape index (κ3) is 3.51. The summed E-state index contributed by atoms with van der Waals surface area (Å²) in [5, 5.41) is 9.92. The average molecular weight is 277 g/mol. The maximum Gasteiger partial charge on any atom is 0.163 e. The van der Waals surface area contributed by atoms with Crippen LogP contribution in [0.3, 0.4) is 0 Å². The second kappa shape index (κ2) is 6.75. The lowest BCUT2D eigenvalue weighted by Crippen LogP contribution is -2.39. The standard InChI is InChI=1S/C16H23NO3/c1-3-9-20-14-5-4-8-17(11-14)13-6-7-15(12(2)18)16(19)10-13/h6-7,10,14,19H,3-5,8-9,11H2,1-2H3. The summed E-state index contributed by atoms with van der Waals surface area (Å²) in [6, 6.07) is 5.28. The van der Waals surface area contributed by atoms with Crippen LogP contribution in [0.4, 0.5) is 5.69 Å². The number of piperidine rings is 1. The van der Waals surface area contributed by atoms with Gasteiger partial charge in [-0.05, 0) is 38.3 Å². The van der Waals surface area contributed by atoms with E-state index in [0.717, 1.165) is 44.6 Å². The van der Waals surface area contributed by atoms with Gasteiger partial charge >= 0.3 is 0 Å². The van der Waals surface area contributed by atoms with Gasteiger partial charge < -0.3 is 14.7 Å². The molecule has 20 heavy (non-hydrogen) atoms. The van der Waals surface area contributed by atoms with E-state index >= 15 is 0 Å². The van der Waals surface area contributed by atoms with Crippen molar-refractivity contribution in [3.8, 4) is 5.75 Å². The van der Waals surface area contributed by atoms with Crippen molar-refractivity contribution in [2.45, 2.75) is 39.2 Å². The zero-order valence-electron chi connectivity index (χ0n) is 12.3. The van der Waals surface area contributed by atoms with Crippen LogP contribution in [0.5, 0.6) is 5.75 Å². The molecule has 1 unspecified atom stereocenters. The molecule has 1 aliphatic heterocycles. The van der Waals surface area contributed by atoms with E-state index in [4.69, 9.17) is 4.74 Å². The van der Waals surface area contributed by atoms with Crippen molar-refractivity contribution in [2.75, 3.05) is 24.6 Å². The van der Waals surface area contributed by atoms with E-state index in [1.54, 1.807) is 12.1 Å². The van der Waals surface area contributed by atoms with Gasteiger partial charge in [0.2, 0.25) is 0 Å². The largest absolute Gasteiger partial charge is 0.507 e. The highest BCUT2D eigenvalue weighted by molar-refractivity contribution is 5.97. The highest BCUT2D eigenvalue weighted by atomic mass is 16.5. The molecule has 0 aliphatic carbocycles. The second-order valence-electron chi connectivity index (χ2n) is 5.34. The van der Waals surface area contributed by atoms with E-state index in [-0.39, 0.29) is 17.6 Å². The monoisotopic (exact) mass is 277 g/mol. The van der Waals surface area contributed by atoms with E-state index in [0.29, 0.717) is 5.56 Å². The minimum Gasteiger partial charge on any atom is -0.507 e. The van der Waals surface area contributed by atoms with Crippen LogP contribution in [0, 0.1) is 0 Å². The summed E-state index contributed by atoms with van der Waals surface area (Å²) in [6.45, 7) is 6.18. The number of phenols is 1. The van der Waals surface area contributed by atoms with Gasteiger partial charge in [-0.15, -0.1) is 0 Å². The molecule has 4 heteroatoms. The fourth-order valence-electron chi connectivity index (χ4n) is 2.61. The van der Waals surface area contributed by atoms with Gasteiger partial charge in [0, 0.05) is 31.5 Å². The summed E-state index contributed by atoms with van der Waals surface area (Å²) in [5.74, 6) is -0.0524. The van der Waals surface area contributed by atoms with Crippen molar-refractivity contribution in [1.82, 2.24) is 0 Å². The Morgan fingerprint density at radius 3 is 2.95 bits per heavy atom. The first-order valence-corrected chi connectivity index (χ1v) is 7.32. The molecule has 4 nitrogen and oxygen atoms in total. The molecule has 1 aromatic rings. The number of carbonyl (C=O) groups excluding carboxylic acids is 1. The number of hydrogen-bond acceptors (Lipinski definition) is 4. The Bertz CT molecular complexity index is 473. The molecule has 1 saturated heterocycles. The van der Waals surface area contributed by atoms with Gasteiger partial charge in [-0.2, -0.15) is 0 Å². The smallest absolute Gasteiger partial charge is 0.163 e. The number of ketones is 1. The van der Waals surface area contributed by atoms with Crippen LogP contribution < -0.4 is 4.90 Å². The van der Waals surface area contributed by atoms with Crippen LogP contribution in [0.25, 0.3) is 0 Å². The zero-order chi connectivity index (χ0) is 14.5. The number of ether oxygens (including phenoxy) is 1. The van der Waals surface area contributed by atoms with Gasteiger partial charge in [0.1, 0.15) is 5.75 Å². The van der Waals surface area contributed by atoms with Gasteiger partial charge in [0.15, 0.2) is 5.78 Å². The van der Waals surface area contributed by atoms with Crippen LogP contribution in [0.2, 0.25) is 0 Å². The van der Waals surface area contributed by atoms with Gasteiger partial charge in [-0.3, -0.25) is 4.79 Å². The highest BCUT2D eigenvalue weighted by Gasteiger charge is 2.21. The number of carbonyl (C=O) groups is 1. The zero-order valence-corrected chi connectivity index (χ0v) is 12.3. The number of anilines is 1. The van der Waals surface area contributed by atoms with Crippen molar-refractivity contribution >= 4 is 11.5 Å². The summed E-state index contributed by atoms with van der Waals surface area (Å²) < 4.78 is 5.82. The van der Waals surface area contributed by atoms with Crippen LogP contribution in [-0.2, 0) is 4.74 Å². The van der Waals surface area contributed by atoms with Crippen LogP contribution in [-0.4, -0.2) is 36.7 Å². The summed E-state index contributed by atoms with van der Waals surface area (Å²) in [7, 11) is 0. The van der Waals surface area contributed by atoms with Gasteiger partial charge in [-0.1, -0.05) is 6.92 Å². The van der Waals surface area contributed by atoms with Crippen LogP contribution in [0.1, 0.15) is 43.5 Å². The quantitative estimate of drug-likeness (QED) is 0.841. The maximum absolute atomic E-state index is 11.3. The molecule has 1 aliphatic rings. The summed E-state index contributed by atoms with van der Waals surface area (Å²) in [4.78, 5) is 13.5. The summed E-state index contributed by atoms with van der Waals surface area (Å²) in [6.07, 6.45) is 3.47. The number of phenolic OH excluding ortho intramolecular Hbond substituents is 1. The Hall–Kier alpha value is -1.55. The fraction of sp³-hybridized carbons (Fsp3) is 0.562. The Kier molecular flexibility index (Phi) is 5.01. The first-order valence-electron chi connectivity index (χ1n) is 7.32. The lowest BCUT2D eigenvalue weighted by atomic mass is 10.1. The van der Waals surface area contributed by atoms with Crippen LogP contribution >= 0.6 is 0 Å². The molecule has 1 heterocycles. The van der Waals surface area contributed by atoms with Crippen molar-refractivity contribution in [2.24, 2.45) is 0 Å². The minimum atomic E-state index is -0.114. The molecule has 0 saturated carbocycles. The maximum atomic E-state index is 11.3. The lowest BCUT2D eigenvalue weighted by Gasteiger charge is -2.34. The Labute approximate surface area is 120 Å². The van der Waals surface area contributed by atoms with Gasteiger partial charge in [-0.25, -0.2) is 0 Å². The SMILES string of the molecule is CCCOC1CCCN(c2ccc(C(C)=O)c(O)c2)C1. The van der Waals surface area contributed by atoms with Crippen molar-refractivity contribution in [3.05, 3.63) is 23.8 Å². The predicted molar refractivity (Wildman–Crippen MR) is 79.6 cm³/mol. The molecular weight excluding hydrogens is 254 g/mol. The third-order valence-electron chi connectivity index (χ3n) is 3.66. The van der Waals surface area contributed by atoms with E-state index in [2.05, 4.69) is 11.8 Å². The topological polar surface area (TPSA) is 49.8 Å². The van der Waals surface area contributed by atoms with E-state index in [9.17, 15) is 9.90 Å². The van der Waals surface area contributed by atoms with Crippen molar-refractivity contribution in [3.63, 3.8) is 0 Å². The highest BCUT2D eigenvalue weighted by Crippen LogP contribution is 2.27. The molecule has 1 N–H and O–H groups in total. The van der Waals surface area contributed by atoms with Crippen molar-refractivity contribution < 1.29 is 14.6 Å². The average Bonchev–Trinajstić information content (AvgIpc) is 2.45. The fourth-order valence-corrected chi connectivity index (χ4v) is 2.61. The molecule has 0 aromatic heterocycles. The van der Waals surface area contributed by atoms with E-state index in [1.165, 1.54) is 6.92 Å². The number of rotatable bonds is 5. The number of nitrogens with zero attached hydrogens (tertiary/aromatic N) is 1. The normalized spacial score (nSPS) is 19.1. The first kappa shape index (κ1) is 14.9. The molecule has 0 spiro atoms. The minimum absolute atomic E-state index is 0.0617. The molecule has 1 fully saturated rings. The third-order valence-corrected chi connectivity index (χ3v) is 3.66. The molecule has 1 aromatic carbocycles. The molecule has 0 amide bonds. The van der Waals surface area contributed by atoms with E-state index < -0.39 is 0 Å². The Morgan fingerprint density at radius 1 is 1.50 bits per heavy atom. The summed E-state index contributed by atoms with van der Waals surface area (Å²) in [5.41, 5.74) is 1.34. The predicted octanol–water partition coefficient (Wildman–Crippen LogP) is 2.99. The molecule has 2 rings (SSSR count). The number of Topliss-reactive ketones (excluding diaryl/α,β-unsaturated/α-hetero) is 1. The number of hydrogen-bond donors (Lipinski definition) is 1. The second-order valence-corrected chi connectivity index (χ2v) is 5.34. The molecular formula is C16H23NO3. The number of benzene rings is 1. The molecule has 1 atom stereocenters. The van der Waals surface area contributed by atoms with Gasteiger partial charge in [0.25, 0.3) is 0 Å². The number of aromatic hydroxyl groups is 1. The van der Waals surface area contributed by atoms with Crippen molar-refractivity contribution in [1.29, 1.82) is 0 Å². The molecule has 110 valence electrons. The Balaban J connectivity index is 2.07.